The van der Waals surface area contributed by atoms with Crippen LogP contribution >= 0.6 is 15.9 Å². The number of nitrogens with zero attached hydrogens (tertiary/aromatic N) is 2. The first-order chi connectivity index (χ1) is 7.25. The van der Waals surface area contributed by atoms with Crippen molar-refractivity contribution in [1.29, 1.82) is 0 Å². The molecular formula is C11H10BrFN2. The van der Waals surface area contributed by atoms with Gasteiger partial charge in [-0.25, -0.2) is 9.37 Å². The van der Waals surface area contributed by atoms with E-state index in [-0.39, 0.29) is 5.82 Å². The molecule has 4 heteroatoms. The Labute approximate surface area is 95.9 Å². The van der Waals surface area contributed by atoms with Gasteiger partial charge in [0.15, 0.2) is 0 Å². The van der Waals surface area contributed by atoms with Crippen molar-refractivity contribution in [1.82, 2.24) is 9.55 Å². The fourth-order valence-electron chi connectivity index (χ4n) is 1.37. The van der Waals surface area contributed by atoms with Gasteiger partial charge in [0.2, 0.25) is 0 Å². The number of halogens is 2. The molecule has 0 aliphatic carbocycles. The van der Waals surface area contributed by atoms with Crippen LogP contribution in [0.5, 0.6) is 0 Å². The average Bonchev–Trinajstić information content (AvgIpc) is 2.63. The number of aromatic nitrogens is 2. The summed E-state index contributed by atoms with van der Waals surface area (Å²) in [7, 11) is 0. The summed E-state index contributed by atoms with van der Waals surface area (Å²) in [5, 5.41) is 0. The number of hydrogen-bond donors (Lipinski definition) is 0. The maximum absolute atomic E-state index is 12.6. The SMILES string of the molecule is Fc1ccc(CCn2cncc2Br)cc1. The van der Waals surface area contributed by atoms with Gasteiger partial charge in [0.1, 0.15) is 10.4 Å². The molecule has 1 heterocycles. The molecule has 0 radical (unpaired) electrons. The fraction of sp³-hybridized carbons (Fsp3) is 0.182. The van der Waals surface area contributed by atoms with Gasteiger partial charge >= 0.3 is 0 Å². The van der Waals surface area contributed by atoms with Gasteiger partial charge in [-0.15, -0.1) is 0 Å². The Hall–Kier alpha value is -1.16. The minimum atomic E-state index is -0.192. The van der Waals surface area contributed by atoms with Gasteiger partial charge in [-0.2, -0.15) is 0 Å². The van der Waals surface area contributed by atoms with E-state index >= 15 is 0 Å². The van der Waals surface area contributed by atoms with Crippen LogP contribution < -0.4 is 0 Å². The summed E-state index contributed by atoms with van der Waals surface area (Å²) in [5.74, 6) is -0.192. The molecule has 2 aromatic rings. The van der Waals surface area contributed by atoms with Crippen molar-refractivity contribution < 1.29 is 4.39 Å². The van der Waals surface area contributed by atoms with Crippen LogP contribution in [0.15, 0.2) is 41.4 Å². The van der Waals surface area contributed by atoms with Crippen LogP contribution in [0.4, 0.5) is 4.39 Å². The predicted octanol–water partition coefficient (Wildman–Crippen LogP) is 3.03. The average molecular weight is 269 g/mol. The van der Waals surface area contributed by atoms with Gasteiger partial charge in [-0.3, -0.25) is 0 Å². The summed E-state index contributed by atoms with van der Waals surface area (Å²) in [4.78, 5) is 4.00. The highest BCUT2D eigenvalue weighted by Gasteiger charge is 1.99. The van der Waals surface area contributed by atoms with E-state index < -0.39 is 0 Å². The summed E-state index contributed by atoms with van der Waals surface area (Å²) in [6, 6.07) is 6.58. The number of benzene rings is 1. The minimum absolute atomic E-state index is 0.192. The monoisotopic (exact) mass is 268 g/mol. The smallest absolute Gasteiger partial charge is 0.123 e. The molecule has 0 spiro atoms. The summed E-state index contributed by atoms with van der Waals surface area (Å²) in [6.07, 6.45) is 4.40. The van der Waals surface area contributed by atoms with E-state index in [9.17, 15) is 4.39 Å². The molecule has 2 rings (SSSR count). The van der Waals surface area contributed by atoms with Gasteiger partial charge in [0.25, 0.3) is 0 Å². The third kappa shape index (κ3) is 2.65. The highest BCUT2D eigenvalue weighted by molar-refractivity contribution is 9.10. The molecule has 1 aromatic carbocycles. The minimum Gasteiger partial charge on any atom is -0.325 e. The third-order valence-electron chi connectivity index (χ3n) is 2.22. The van der Waals surface area contributed by atoms with E-state index in [0.717, 1.165) is 23.1 Å². The number of aryl methyl sites for hydroxylation is 2. The lowest BCUT2D eigenvalue weighted by Crippen LogP contribution is -2.00. The zero-order valence-electron chi connectivity index (χ0n) is 8.03. The molecule has 0 unspecified atom stereocenters. The van der Waals surface area contributed by atoms with E-state index in [1.54, 1.807) is 24.7 Å². The molecule has 0 aliphatic rings. The fourth-order valence-corrected chi connectivity index (χ4v) is 1.76. The van der Waals surface area contributed by atoms with Crippen molar-refractivity contribution in [3.8, 4) is 0 Å². The van der Waals surface area contributed by atoms with E-state index in [1.807, 2.05) is 4.57 Å². The zero-order chi connectivity index (χ0) is 10.7. The van der Waals surface area contributed by atoms with Gasteiger partial charge in [0, 0.05) is 6.54 Å². The summed E-state index contributed by atoms with van der Waals surface area (Å²) in [5.41, 5.74) is 1.12. The quantitative estimate of drug-likeness (QED) is 0.837. The normalized spacial score (nSPS) is 10.5. The van der Waals surface area contributed by atoms with E-state index in [0.29, 0.717) is 0 Å². The van der Waals surface area contributed by atoms with Crippen molar-refractivity contribution in [2.45, 2.75) is 13.0 Å². The second-order valence-corrected chi connectivity index (χ2v) is 4.10. The standard InChI is InChI=1S/C11H10BrFN2/c12-11-7-14-8-15(11)6-5-9-1-3-10(13)4-2-9/h1-4,7-8H,5-6H2. The third-order valence-corrected chi connectivity index (χ3v) is 2.88. The van der Waals surface area contributed by atoms with Crippen LogP contribution in [0.2, 0.25) is 0 Å². The van der Waals surface area contributed by atoms with E-state index in [4.69, 9.17) is 0 Å². The molecule has 0 N–H and O–H groups in total. The molecular weight excluding hydrogens is 259 g/mol. The molecule has 78 valence electrons. The Morgan fingerprint density at radius 2 is 2.00 bits per heavy atom. The lowest BCUT2D eigenvalue weighted by atomic mass is 10.1. The lowest BCUT2D eigenvalue weighted by molar-refractivity contribution is 0.625. The highest BCUT2D eigenvalue weighted by Crippen LogP contribution is 2.10. The van der Waals surface area contributed by atoms with Crippen LogP contribution in [0.3, 0.4) is 0 Å². The second kappa shape index (κ2) is 4.57. The van der Waals surface area contributed by atoms with Crippen LogP contribution in [0.25, 0.3) is 0 Å². The van der Waals surface area contributed by atoms with Gasteiger partial charge in [0.05, 0.1) is 12.5 Å². The maximum atomic E-state index is 12.6. The Bertz CT molecular complexity index is 436. The largest absolute Gasteiger partial charge is 0.325 e. The van der Waals surface area contributed by atoms with Crippen molar-refractivity contribution in [3.63, 3.8) is 0 Å². The molecule has 15 heavy (non-hydrogen) atoms. The molecule has 0 atom stereocenters. The first-order valence-corrected chi connectivity index (χ1v) is 5.45. The van der Waals surface area contributed by atoms with Gasteiger partial charge in [-0.1, -0.05) is 12.1 Å². The highest BCUT2D eigenvalue weighted by atomic mass is 79.9. The predicted molar refractivity (Wildman–Crippen MR) is 60.0 cm³/mol. The number of imidazole rings is 1. The van der Waals surface area contributed by atoms with Crippen molar-refractivity contribution in [2.24, 2.45) is 0 Å². The Kier molecular flexibility index (Phi) is 3.16. The molecule has 0 aliphatic heterocycles. The maximum Gasteiger partial charge on any atom is 0.123 e. The first kappa shape index (κ1) is 10.4. The van der Waals surface area contributed by atoms with Gasteiger partial charge in [-0.05, 0) is 40.0 Å². The topological polar surface area (TPSA) is 17.8 Å². The first-order valence-electron chi connectivity index (χ1n) is 4.66. The molecule has 0 amide bonds. The van der Waals surface area contributed by atoms with Gasteiger partial charge < -0.3 is 4.57 Å². The molecule has 0 fully saturated rings. The van der Waals surface area contributed by atoms with E-state index in [1.165, 1.54) is 12.1 Å². The molecule has 0 saturated carbocycles. The molecule has 1 aromatic heterocycles. The van der Waals surface area contributed by atoms with Crippen molar-refractivity contribution in [3.05, 3.63) is 52.8 Å². The van der Waals surface area contributed by atoms with Crippen LogP contribution in [0, 0.1) is 5.82 Å². The van der Waals surface area contributed by atoms with Crippen LogP contribution in [-0.4, -0.2) is 9.55 Å². The number of hydrogen-bond acceptors (Lipinski definition) is 1. The lowest BCUT2D eigenvalue weighted by Gasteiger charge is -2.04. The Morgan fingerprint density at radius 3 is 2.60 bits per heavy atom. The molecule has 0 saturated heterocycles. The number of rotatable bonds is 3. The van der Waals surface area contributed by atoms with E-state index in [2.05, 4.69) is 20.9 Å². The molecule has 2 nitrogen and oxygen atoms in total. The second-order valence-electron chi connectivity index (χ2n) is 3.29. The van der Waals surface area contributed by atoms with Crippen LogP contribution in [-0.2, 0) is 13.0 Å². The summed E-state index contributed by atoms with van der Waals surface area (Å²) in [6.45, 7) is 0.839. The van der Waals surface area contributed by atoms with Crippen molar-refractivity contribution in [2.75, 3.05) is 0 Å². The Morgan fingerprint density at radius 1 is 1.27 bits per heavy atom. The van der Waals surface area contributed by atoms with Crippen molar-refractivity contribution >= 4 is 15.9 Å². The molecule has 0 bridgehead atoms. The zero-order valence-corrected chi connectivity index (χ0v) is 9.61. The van der Waals surface area contributed by atoms with Crippen LogP contribution in [0.1, 0.15) is 5.56 Å². The summed E-state index contributed by atoms with van der Waals surface area (Å²) < 4.78 is 15.6. The Balaban J connectivity index is 1.99. The summed E-state index contributed by atoms with van der Waals surface area (Å²) >= 11 is 3.39.